The Kier molecular flexibility index (Phi) is 4.99. The second-order valence-corrected chi connectivity index (χ2v) is 5.16. The minimum Gasteiger partial charge on any atom is -0.496 e. The number of rotatable bonds is 5. The van der Waals surface area contributed by atoms with Gasteiger partial charge in [-0.25, -0.2) is 0 Å². The van der Waals surface area contributed by atoms with Gasteiger partial charge in [0.15, 0.2) is 0 Å². The Morgan fingerprint density at radius 3 is 2.72 bits per heavy atom. The van der Waals surface area contributed by atoms with Crippen molar-refractivity contribution in [1.29, 1.82) is 0 Å². The molecule has 0 aromatic heterocycles. The van der Waals surface area contributed by atoms with Crippen LogP contribution in [-0.2, 0) is 11.2 Å². The summed E-state index contributed by atoms with van der Waals surface area (Å²) in [4.78, 5) is 11.8. The van der Waals surface area contributed by atoms with Gasteiger partial charge in [-0.15, -0.1) is 0 Å². The maximum absolute atomic E-state index is 11.8. The van der Waals surface area contributed by atoms with E-state index in [1.54, 1.807) is 39.2 Å². The maximum atomic E-state index is 11.8. The Morgan fingerprint density at radius 2 is 2.17 bits per heavy atom. The molecular formula is C13H18ClNO3. The number of nitrogens with one attached hydrogen (secondary N) is 1. The number of hydrogen-bond acceptors (Lipinski definition) is 3. The van der Waals surface area contributed by atoms with Crippen LogP contribution < -0.4 is 10.1 Å². The number of aliphatic hydroxyl groups excluding tert-OH is 1. The molecule has 0 aliphatic heterocycles. The van der Waals surface area contributed by atoms with Crippen LogP contribution in [0.15, 0.2) is 18.2 Å². The van der Waals surface area contributed by atoms with Crippen LogP contribution in [0.2, 0.25) is 5.02 Å². The molecule has 0 saturated carbocycles. The molecular weight excluding hydrogens is 254 g/mol. The first kappa shape index (κ1) is 14.8. The zero-order valence-electron chi connectivity index (χ0n) is 10.8. The first-order chi connectivity index (χ1) is 8.38. The highest BCUT2D eigenvalue weighted by atomic mass is 35.5. The van der Waals surface area contributed by atoms with Crippen LogP contribution >= 0.6 is 11.6 Å². The van der Waals surface area contributed by atoms with Crippen molar-refractivity contribution >= 4 is 17.5 Å². The molecule has 0 fully saturated rings. The maximum Gasteiger partial charge on any atom is 0.225 e. The zero-order valence-corrected chi connectivity index (χ0v) is 11.5. The van der Waals surface area contributed by atoms with Gasteiger partial charge in [0.05, 0.1) is 25.7 Å². The number of aliphatic hydroxyl groups is 1. The van der Waals surface area contributed by atoms with E-state index in [-0.39, 0.29) is 18.9 Å². The van der Waals surface area contributed by atoms with Crippen molar-refractivity contribution in [1.82, 2.24) is 5.32 Å². The van der Waals surface area contributed by atoms with Crippen molar-refractivity contribution in [2.24, 2.45) is 0 Å². The van der Waals surface area contributed by atoms with Crippen LogP contribution in [0.5, 0.6) is 5.75 Å². The number of halogens is 1. The number of hydrogen-bond donors (Lipinski definition) is 2. The first-order valence-corrected chi connectivity index (χ1v) is 6.00. The number of methoxy groups -OCH3 is 1. The molecule has 0 heterocycles. The molecule has 0 aliphatic carbocycles. The van der Waals surface area contributed by atoms with Gasteiger partial charge < -0.3 is 15.2 Å². The van der Waals surface area contributed by atoms with Gasteiger partial charge in [0.25, 0.3) is 0 Å². The van der Waals surface area contributed by atoms with Crippen LogP contribution in [0.1, 0.15) is 19.4 Å². The highest BCUT2D eigenvalue weighted by molar-refractivity contribution is 6.30. The molecule has 0 spiro atoms. The first-order valence-electron chi connectivity index (χ1n) is 5.62. The third-order valence-corrected chi connectivity index (χ3v) is 2.70. The van der Waals surface area contributed by atoms with E-state index in [9.17, 15) is 4.79 Å². The van der Waals surface area contributed by atoms with Crippen molar-refractivity contribution in [3.05, 3.63) is 28.8 Å². The Balaban J connectivity index is 2.78. The van der Waals surface area contributed by atoms with Gasteiger partial charge in [0.2, 0.25) is 5.91 Å². The van der Waals surface area contributed by atoms with Crippen molar-refractivity contribution in [3.8, 4) is 5.75 Å². The molecule has 2 N–H and O–H groups in total. The molecule has 1 amide bonds. The average molecular weight is 272 g/mol. The Labute approximate surface area is 112 Å². The summed E-state index contributed by atoms with van der Waals surface area (Å²) in [5, 5.41) is 12.4. The monoisotopic (exact) mass is 271 g/mol. The van der Waals surface area contributed by atoms with Gasteiger partial charge in [-0.3, -0.25) is 4.79 Å². The Bertz CT molecular complexity index is 432. The number of carbonyl (C=O) groups is 1. The molecule has 1 aromatic rings. The number of carbonyl (C=O) groups excluding carboxylic acids is 1. The molecule has 0 aliphatic rings. The van der Waals surface area contributed by atoms with Gasteiger partial charge in [-0.05, 0) is 32.0 Å². The largest absolute Gasteiger partial charge is 0.496 e. The SMILES string of the molecule is COc1ccc(Cl)cc1CC(=O)NC(C)(C)CO. The summed E-state index contributed by atoms with van der Waals surface area (Å²) < 4.78 is 5.17. The lowest BCUT2D eigenvalue weighted by Crippen LogP contribution is -2.46. The molecule has 0 radical (unpaired) electrons. The lowest BCUT2D eigenvalue weighted by Gasteiger charge is -2.23. The van der Waals surface area contributed by atoms with E-state index in [2.05, 4.69) is 5.32 Å². The van der Waals surface area contributed by atoms with Crippen molar-refractivity contribution < 1.29 is 14.6 Å². The van der Waals surface area contributed by atoms with Gasteiger partial charge >= 0.3 is 0 Å². The van der Waals surface area contributed by atoms with Crippen LogP contribution in [0.4, 0.5) is 0 Å². The molecule has 4 nitrogen and oxygen atoms in total. The molecule has 0 saturated heterocycles. The average Bonchev–Trinajstić information content (AvgIpc) is 2.28. The highest BCUT2D eigenvalue weighted by Crippen LogP contribution is 2.23. The lowest BCUT2D eigenvalue weighted by molar-refractivity contribution is -0.122. The fourth-order valence-corrected chi connectivity index (χ4v) is 1.71. The second-order valence-electron chi connectivity index (χ2n) is 4.72. The highest BCUT2D eigenvalue weighted by Gasteiger charge is 2.20. The molecule has 1 rings (SSSR count). The third-order valence-electron chi connectivity index (χ3n) is 2.47. The topological polar surface area (TPSA) is 58.6 Å². The number of ether oxygens (including phenoxy) is 1. The normalized spacial score (nSPS) is 11.2. The zero-order chi connectivity index (χ0) is 13.8. The molecule has 0 atom stereocenters. The number of amides is 1. The summed E-state index contributed by atoms with van der Waals surface area (Å²) in [7, 11) is 1.54. The quantitative estimate of drug-likeness (QED) is 0.858. The van der Waals surface area contributed by atoms with Crippen LogP contribution in [-0.4, -0.2) is 30.3 Å². The molecule has 1 aromatic carbocycles. The Morgan fingerprint density at radius 1 is 1.50 bits per heavy atom. The Hall–Kier alpha value is -1.26. The van der Waals surface area contributed by atoms with E-state index < -0.39 is 5.54 Å². The van der Waals surface area contributed by atoms with Gasteiger partial charge in [-0.2, -0.15) is 0 Å². The fraction of sp³-hybridized carbons (Fsp3) is 0.462. The molecule has 100 valence electrons. The van der Waals surface area contributed by atoms with E-state index in [0.717, 1.165) is 5.56 Å². The summed E-state index contributed by atoms with van der Waals surface area (Å²) in [6.07, 6.45) is 0.160. The molecule has 5 heteroatoms. The van der Waals surface area contributed by atoms with Gasteiger partial charge in [-0.1, -0.05) is 11.6 Å². The summed E-state index contributed by atoms with van der Waals surface area (Å²) in [6.45, 7) is 3.38. The minimum absolute atomic E-state index is 0.120. The predicted molar refractivity (Wildman–Crippen MR) is 71.0 cm³/mol. The third kappa shape index (κ3) is 4.20. The smallest absolute Gasteiger partial charge is 0.225 e. The van der Waals surface area contributed by atoms with Gasteiger partial charge in [0.1, 0.15) is 5.75 Å². The fourth-order valence-electron chi connectivity index (χ4n) is 1.52. The summed E-state index contributed by atoms with van der Waals surface area (Å²) >= 11 is 5.89. The molecule has 0 unspecified atom stereocenters. The van der Waals surface area contributed by atoms with Gasteiger partial charge in [0, 0.05) is 10.6 Å². The second kappa shape index (κ2) is 6.07. The standard InChI is InChI=1S/C13H18ClNO3/c1-13(2,8-16)15-12(17)7-9-6-10(14)4-5-11(9)18-3/h4-6,16H,7-8H2,1-3H3,(H,15,17). The predicted octanol–water partition coefficient (Wildman–Crippen LogP) is 1.78. The molecule has 0 bridgehead atoms. The van der Waals surface area contributed by atoms with Crippen LogP contribution in [0.25, 0.3) is 0 Å². The van der Waals surface area contributed by atoms with Crippen molar-refractivity contribution in [2.45, 2.75) is 25.8 Å². The van der Waals surface area contributed by atoms with Crippen LogP contribution in [0, 0.1) is 0 Å². The lowest BCUT2D eigenvalue weighted by atomic mass is 10.1. The van der Waals surface area contributed by atoms with Crippen molar-refractivity contribution in [3.63, 3.8) is 0 Å². The molecule has 18 heavy (non-hydrogen) atoms. The summed E-state index contributed by atoms with van der Waals surface area (Å²) in [6, 6.07) is 5.13. The van der Waals surface area contributed by atoms with Crippen LogP contribution in [0.3, 0.4) is 0 Å². The summed E-state index contributed by atoms with van der Waals surface area (Å²) in [5.74, 6) is 0.436. The van der Waals surface area contributed by atoms with E-state index in [4.69, 9.17) is 21.4 Å². The van der Waals surface area contributed by atoms with E-state index in [0.29, 0.717) is 10.8 Å². The summed E-state index contributed by atoms with van der Waals surface area (Å²) in [5.41, 5.74) is 0.0827. The number of benzene rings is 1. The van der Waals surface area contributed by atoms with Crippen molar-refractivity contribution in [2.75, 3.05) is 13.7 Å². The minimum atomic E-state index is -0.636. The van der Waals surface area contributed by atoms with E-state index in [1.807, 2.05) is 0 Å². The van der Waals surface area contributed by atoms with E-state index in [1.165, 1.54) is 0 Å². The van der Waals surface area contributed by atoms with E-state index >= 15 is 0 Å².